The Bertz CT molecular complexity index is 707. The van der Waals surface area contributed by atoms with Crippen LogP contribution >= 0.6 is 0 Å². The van der Waals surface area contributed by atoms with Crippen LogP contribution in [0.5, 0.6) is 0 Å². The quantitative estimate of drug-likeness (QED) is 0.858. The van der Waals surface area contributed by atoms with Crippen molar-refractivity contribution in [3.8, 4) is 11.1 Å². The fraction of sp³-hybridized carbons (Fsp3) is 0.524. The highest BCUT2D eigenvalue weighted by Gasteiger charge is 2.47. The van der Waals surface area contributed by atoms with Crippen molar-refractivity contribution in [2.45, 2.75) is 38.1 Å². The molecule has 1 spiro atoms. The van der Waals surface area contributed by atoms with Gasteiger partial charge in [0.2, 0.25) is 0 Å². The summed E-state index contributed by atoms with van der Waals surface area (Å²) in [6.07, 6.45) is 12.7. The summed E-state index contributed by atoms with van der Waals surface area (Å²) in [6, 6.07) is 9.32. The molecule has 0 radical (unpaired) electrons. The van der Waals surface area contributed by atoms with E-state index < -0.39 is 0 Å². The summed E-state index contributed by atoms with van der Waals surface area (Å²) in [5, 5.41) is 0. The van der Waals surface area contributed by atoms with Gasteiger partial charge in [-0.05, 0) is 49.3 Å². The molecule has 0 atom stereocenters. The van der Waals surface area contributed by atoms with E-state index in [4.69, 9.17) is 4.98 Å². The molecule has 25 heavy (non-hydrogen) atoms. The van der Waals surface area contributed by atoms with E-state index in [2.05, 4.69) is 33.0 Å². The van der Waals surface area contributed by atoms with Crippen LogP contribution in [0.2, 0.25) is 0 Å². The topological polar surface area (TPSA) is 32.3 Å². The number of likely N-dealkylation sites (tertiary alicyclic amines) is 1. The molecule has 0 N–H and O–H groups in total. The second kappa shape index (κ2) is 6.10. The number of rotatable bonds is 3. The summed E-state index contributed by atoms with van der Waals surface area (Å²) in [5.74, 6) is 1.12. The maximum Gasteiger partial charge on any atom is 0.128 e. The largest absolute Gasteiger partial charge is 0.357 e. The molecule has 4 nitrogen and oxygen atoms in total. The summed E-state index contributed by atoms with van der Waals surface area (Å²) in [6.45, 7) is 4.99. The van der Waals surface area contributed by atoms with Crippen molar-refractivity contribution < 1.29 is 0 Å². The predicted octanol–water partition coefficient (Wildman–Crippen LogP) is 3.60. The van der Waals surface area contributed by atoms with Crippen LogP contribution < -0.4 is 4.90 Å². The van der Waals surface area contributed by atoms with Gasteiger partial charge in [-0.2, -0.15) is 0 Å². The van der Waals surface area contributed by atoms with Gasteiger partial charge in [-0.25, -0.2) is 4.98 Å². The van der Waals surface area contributed by atoms with Gasteiger partial charge in [0.1, 0.15) is 5.82 Å². The lowest BCUT2D eigenvalue weighted by atomic mass is 9.70. The Labute approximate surface area is 149 Å². The lowest BCUT2D eigenvalue weighted by Gasteiger charge is -2.58. The van der Waals surface area contributed by atoms with Gasteiger partial charge in [-0.1, -0.05) is 12.5 Å². The third kappa shape index (κ3) is 2.82. The van der Waals surface area contributed by atoms with Gasteiger partial charge < -0.3 is 4.90 Å². The van der Waals surface area contributed by atoms with Crippen LogP contribution in [0.15, 0.2) is 42.9 Å². The highest BCUT2D eigenvalue weighted by molar-refractivity contribution is 5.62. The van der Waals surface area contributed by atoms with Gasteiger partial charge >= 0.3 is 0 Å². The zero-order chi connectivity index (χ0) is 16.7. The summed E-state index contributed by atoms with van der Waals surface area (Å²) in [7, 11) is 0. The van der Waals surface area contributed by atoms with Crippen molar-refractivity contribution in [1.82, 2.24) is 14.9 Å². The van der Waals surface area contributed by atoms with Crippen LogP contribution in [0.25, 0.3) is 11.1 Å². The monoisotopic (exact) mass is 334 g/mol. The fourth-order valence-electron chi connectivity index (χ4n) is 4.63. The van der Waals surface area contributed by atoms with Gasteiger partial charge in [0, 0.05) is 61.9 Å². The molecule has 2 saturated heterocycles. The predicted molar refractivity (Wildman–Crippen MR) is 101 cm³/mol. The number of hydrogen-bond donors (Lipinski definition) is 0. The summed E-state index contributed by atoms with van der Waals surface area (Å²) in [4.78, 5) is 14.1. The molecule has 5 rings (SSSR count). The van der Waals surface area contributed by atoms with E-state index in [9.17, 15) is 0 Å². The minimum Gasteiger partial charge on any atom is -0.357 e. The second-order valence-corrected chi connectivity index (χ2v) is 8.12. The zero-order valence-electron chi connectivity index (χ0n) is 14.8. The van der Waals surface area contributed by atoms with E-state index in [1.807, 2.05) is 18.5 Å². The lowest BCUT2D eigenvalue weighted by Crippen LogP contribution is -2.64. The molecule has 2 aromatic rings. The number of hydrogen-bond acceptors (Lipinski definition) is 4. The highest BCUT2D eigenvalue weighted by atomic mass is 15.3. The van der Waals surface area contributed by atoms with E-state index >= 15 is 0 Å². The molecule has 4 heterocycles. The number of piperidine rings is 1. The Kier molecular flexibility index (Phi) is 3.74. The number of nitrogens with zero attached hydrogens (tertiary/aromatic N) is 4. The average molecular weight is 334 g/mol. The molecular formula is C21H26N4. The van der Waals surface area contributed by atoms with Crippen LogP contribution in [0, 0.1) is 5.41 Å². The normalized spacial score (nSPS) is 23.3. The average Bonchev–Trinajstić information content (AvgIpc) is 2.61. The Morgan fingerprint density at radius 3 is 2.36 bits per heavy atom. The number of pyridine rings is 2. The third-order valence-electron chi connectivity index (χ3n) is 6.56. The van der Waals surface area contributed by atoms with E-state index in [1.54, 1.807) is 6.20 Å². The first kappa shape index (κ1) is 15.3. The maximum atomic E-state index is 4.72. The van der Waals surface area contributed by atoms with E-state index in [0.717, 1.165) is 36.1 Å². The molecule has 1 saturated carbocycles. The standard InChI is InChI=1S/C21H26N4/c1-4-19(5-1)25-15-21(16-25)8-11-24(12-9-21)20-7-6-18(14-23-20)17-3-2-10-22-13-17/h2-3,6-7,10,13-14,19H,1,4-5,8-9,11-12,15-16H2. The maximum absolute atomic E-state index is 4.72. The summed E-state index contributed by atoms with van der Waals surface area (Å²) in [5.41, 5.74) is 2.88. The van der Waals surface area contributed by atoms with Crippen molar-refractivity contribution in [2.24, 2.45) is 5.41 Å². The third-order valence-corrected chi connectivity index (χ3v) is 6.56. The lowest BCUT2D eigenvalue weighted by molar-refractivity contribution is -0.0664. The summed E-state index contributed by atoms with van der Waals surface area (Å²) >= 11 is 0. The Balaban J connectivity index is 1.20. The van der Waals surface area contributed by atoms with E-state index in [0.29, 0.717) is 5.41 Å². The molecule has 130 valence electrons. The molecule has 0 aromatic carbocycles. The van der Waals surface area contributed by atoms with Crippen molar-refractivity contribution in [1.29, 1.82) is 0 Å². The molecule has 1 aliphatic carbocycles. The Hall–Kier alpha value is -1.94. The minimum absolute atomic E-state index is 0.613. The number of anilines is 1. The van der Waals surface area contributed by atoms with Crippen molar-refractivity contribution in [3.05, 3.63) is 42.9 Å². The first-order valence-electron chi connectivity index (χ1n) is 9.67. The van der Waals surface area contributed by atoms with Crippen LogP contribution in [0.3, 0.4) is 0 Å². The first-order valence-corrected chi connectivity index (χ1v) is 9.67. The SMILES string of the molecule is c1cncc(-c2ccc(N3CCC4(CC3)CN(C3CCC3)C4)nc2)c1. The molecule has 2 aromatic heterocycles. The Morgan fingerprint density at radius 2 is 1.76 bits per heavy atom. The van der Waals surface area contributed by atoms with Crippen molar-refractivity contribution in [2.75, 3.05) is 31.1 Å². The van der Waals surface area contributed by atoms with Gasteiger partial charge in [-0.15, -0.1) is 0 Å². The smallest absolute Gasteiger partial charge is 0.128 e. The summed E-state index contributed by atoms with van der Waals surface area (Å²) < 4.78 is 0. The molecule has 4 heteroatoms. The molecule has 2 aliphatic heterocycles. The minimum atomic E-state index is 0.613. The van der Waals surface area contributed by atoms with Gasteiger partial charge in [-0.3, -0.25) is 9.88 Å². The van der Waals surface area contributed by atoms with Crippen molar-refractivity contribution in [3.63, 3.8) is 0 Å². The molecule has 0 bridgehead atoms. The van der Waals surface area contributed by atoms with E-state index in [1.165, 1.54) is 45.2 Å². The first-order chi connectivity index (χ1) is 12.3. The molecule has 3 aliphatic rings. The van der Waals surface area contributed by atoms with Crippen LogP contribution in [-0.4, -0.2) is 47.1 Å². The zero-order valence-corrected chi connectivity index (χ0v) is 14.8. The van der Waals surface area contributed by atoms with Crippen LogP contribution in [0.1, 0.15) is 32.1 Å². The van der Waals surface area contributed by atoms with Crippen LogP contribution in [0.4, 0.5) is 5.82 Å². The number of aromatic nitrogens is 2. The second-order valence-electron chi connectivity index (χ2n) is 8.12. The molecule has 3 fully saturated rings. The van der Waals surface area contributed by atoms with Gasteiger partial charge in [0.05, 0.1) is 0 Å². The fourth-order valence-corrected chi connectivity index (χ4v) is 4.63. The molecule has 0 unspecified atom stereocenters. The molecular weight excluding hydrogens is 308 g/mol. The van der Waals surface area contributed by atoms with Crippen LogP contribution in [-0.2, 0) is 0 Å². The van der Waals surface area contributed by atoms with E-state index in [-0.39, 0.29) is 0 Å². The molecule has 0 amide bonds. The van der Waals surface area contributed by atoms with Gasteiger partial charge in [0.25, 0.3) is 0 Å². The van der Waals surface area contributed by atoms with Crippen molar-refractivity contribution >= 4 is 5.82 Å². The highest BCUT2D eigenvalue weighted by Crippen LogP contribution is 2.44. The van der Waals surface area contributed by atoms with Gasteiger partial charge in [0.15, 0.2) is 0 Å². The Morgan fingerprint density at radius 1 is 0.960 bits per heavy atom.